The highest BCUT2D eigenvalue weighted by atomic mass is 35.5. The van der Waals surface area contributed by atoms with Crippen molar-refractivity contribution in [2.45, 2.75) is 44.8 Å². The predicted octanol–water partition coefficient (Wildman–Crippen LogP) is 6.70. The van der Waals surface area contributed by atoms with Gasteiger partial charge in [-0.25, -0.2) is 13.6 Å². The minimum absolute atomic E-state index is 0.0235. The number of aliphatic hydroxyl groups is 1. The van der Waals surface area contributed by atoms with Crippen molar-refractivity contribution >= 4 is 29.3 Å². The molecule has 1 amide bonds. The maximum atomic E-state index is 14.2. The van der Waals surface area contributed by atoms with Crippen LogP contribution < -0.4 is 0 Å². The van der Waals surface area contributed by atoms with E-state index in [0.717, 1.165) is 12.1 Å². The average Bonchev–Trinajstić information content (AvgIpc) is 3.23. The van der Waals surface area contributed by atoms with E-state index in [1.807, 2.05) is 20.8 Å². The SMILES string of the molecule is CC(C)(C)C1[C@@H](c2cc(-c3c(Cl)cccc3Cl)on2)[C@@](O)(c2ccc(F)c(F)c2)CCN1C(=O)O. The van der Waals surface area contributed by atoms with Gasteiger partial charge in [-0.3, -0.25) is 0 Å². The highest BCUT2D eigenvalue weighted by molar-refractivity contribution is 6.39. The molecule has 0 aliphatic carbocycles. The van der Waals surface area contributed by atoms with Gasteiger partial charge in [0, 0.05) is 12.6 Å². The maximum absolute atomic E-state index is 14.2. The van der Waals surface area contributed by atoms with Crippen molar-refractivity contribution in [3.05, 3.63) is 75.4 Å². The van der Waals surface area contributed by atoms with Crippen molar-refractivity contribution < 1.29 is 28.3 Å². The maximum Gasteiger partial charge on any atom is 0.407 e. The number of amides is 1. The topological polar surface area (TPSA) is 86.8 Å². The van der Waals surface area contributed by atoms with Gasteiger partial charge in [0.25, 0.3) is 0 Å². The molecule has 2 aromatic carbocycles. The lowest BCUT2D eigenvalue weighted by Crippen LogP contribution is -2.60. The zero-order valence-electron chi connectivity index (χ0n) is 19.2. The molecular formula is C25H24Cl2F2N2O4. The Bertz CT molecular complexity index is 1260. The Balaban J connectivity index is 1.93. The first-order chi connectivity index (χ1) is 16.3. The van der Waals surface area contributed by atoms with E-state index < -0.39 is 40.7 Å². The van der Waals surface area contributed by atoms with Crippen LogP contribution in [-0.2, 0) is 5.60 Å². The van der Waals surface area contributed by atoms with E-state index in [0.29, 0.717) is 15.6 Å². The van der Waals surface area contributed by atoms with Crippen molar-refractivity contribution in [2.24, 2.45) is 5.41 Å². The Morgan fingerprint density at radius 1 is 1.14 bits per heavy atom. The van der Waals surface area contributed by atoms with Crippen LogP contribution in [0.1, 0.15) is 44.4 Å². The van der Waals surface area contributed by atoms with Crippen molar-refractivity contribution in [3.63, 3.8) is 0 Å². The monoisotopic (exact) mass is 524 g/mol. The number of halogens is 4. The first-order valence-electron chi connectivity index (χ1n) is 10.9. The number of likely N-dealkylation sites (tertiary alicyclic amines) is 1. The Kier molecular flexibility index (Phi) is 6.59. The molecule has 0 spiro atoms. The minimum Gasteiger partial charge on any atom is -0.465 e. The van der Waals surface area contributed by atoms with E-state index in [1.165, 1.54) is 11.0 Å². The Morgan fingerprint density at radius 2 is 1.80 bits per heavy atom. The standard InChI is InChI=1S/C25H24Cl2F2N2O4/c1-24(2,3)22-21(18-12-19(35-30-18)20-14(26)5-4-6-15(20)27)25(34,9-10-31(22)23(32)33)13-7-8-16(28)17(29)11-13/h4-8,11-12,21-22,34H,9-10H2,1-3H3,(H,32,33)/t21-,22?,25+/m1/s1. The number of aromatic nitrogens is 1. The third-order valence-corrected chi connectivity index (χ3v) is 7.14. The summed E-state index contributed by atoms with van der Waals surface area (Å²) >= 11 is 12.6. The second-order valence-corrected chi connectivity index (χ2v) is 10.6. The van der Waals surface area contributed by atoms with Crippen LogP contribution in [0.5, 0.6) is 0 Å². The first kappa shape index (κ1) is 25.4. The third-order valence-electron chi connectivity index (χ3n) is 6.51. The highest BCUT2D eigenvalue weighted by Crippen LogP contribution is 2.52. The fourth-order valence-corrected chi connectivity index (χ4v) is 5.57. The van der Waals surface area contributed by atoms with Gasteiger partial charge in [0.1, 0.15) is 5.60 Å². The molecule has 1 saturated heterocycles. The third kappa shape index (κ3) is 4.50. The summed E-state index contributed by atoms with van der Waals surface area (Å²) < 4.78 is 33.5. The van der Waals surface area contributed by atoms with Gasteiger partial charge < -0.3 is 19.6 Å². The van der Waals surface area contributed by atoms with Crippen LogP contribution in [0.4, 0.5) is 13.6 Å². The smallest absolute Gasteiger partial charge is 0.407 e. The predicted molar refractivity (Wildman–Crippen MR) is 128 cm³/mol. The molecule has 4 rings (SSSR count). The molecule has 6 nitrogen and oxygen atoms in total. The van der Waals surface area contributed by atoms with E-state index in [2.05, 4.69) is 5.16 Å². The summed E-state index contributed by atoms with van der Waals surface area (Å²) in [4.78, 5) is 13.5. The van der Waals surface area contributed by atoms with Crippen LogP contribution in [0.25, 0.3) is 11.3 Å². The van der Waals surface area contributed by atoms with E-state index in [9.17, 15) is 23.8 Å². The number of hydrogen-bond donors (Lipinski definition) is 2. The number of benzene rings is 2. The van der Waals surface area contributed by atoms with Crippen molar-refractivity contribution in [1.82, 2.24) is 10.1 Å². The van der Waals surface area contributed by atoms with Crippen molar-refractivity contribution in [3.8, 4) is 11.3 Å². The van der Waals surface area contributed by atoms with Gasteiger partial charge in [0.15, 0.2) is 17.4 Å². The van der Waals surface area contributed by atoms with Gasteiger partial charge in [0.05, 0.1) is 33.3 Å². The van der Waals surface area contributed by atoms with Gasteiger partial charge >= 0.3 is 6.09 Å². The summed E-state index contributed by atoms with van der Waals surface area (Å²) in [6, 6.07) is 8.86. The van der Waals surface area contributed by atoms with Crippen molar-refractivity contribution in [2.75, 3.05) is 6.54 Å². The lowest BCUT2D eigenvalue weighted by atomic mass is 9.64. The Labute approximate surface area is 211 Å². The number of carboxylic acid groups (broad SMARTS) is 1. The van der Waals surface area contributed by atoms with Crippen LogP contribution in [0.2, 0.25) is 10.0 Å². The fraction of sp³-hybridized carbons (Fsp3) is 0.360. The van der Waals surface area contributed by atoms with Gasteiger partial charge in [-0.15, -0.1) is 0 Å². The molecular weight excluding hydrogens is 501 g/mol. The summed E-state index contributed by atoms with van der Waals surface area (Å²) in [5.74, 6) is -2.94. The molecule has 0 radical (unpaired) electrons. The van der Waals surface area contributed by atoms with Crippen LogP contribution in [0, 0.1) is 17.0 Å². The molecule has 2 N–H and O–H groups in total. The molecule has 0 bridgehead atoms. The number of piperidine rings is 1. The van der Waals surface area contributed by atoms with E-state index in [1.54, 1.807) is 24.3 Å². The Morgan fingerprint density at radius 3 is 2.37 bits per heavy atom. The molecule has 35 heavy (non-hydrogen) atoms. The van der Waals surface area contributed by atoms with E-state index in [-0.39, 0.29) is 30.0 Å². The molecule has 1 aliphatic rings. The number of hydrogen-bond acceptors (Lipinski definition) is 4. The van der Waals surface area contributed by atoms with Gasteiger partial charge in [0.2, 0.25) is 0 Å². The number of nitrogens with zero attached hydrogens (tertiary/aromatic N) is 2. The van der Waals surface area contributed by atoms with E-state index >= 15 is 0 Å². The van der Waals surface area contributed by atoms with Crippen LogP contribution >= 0.6 is 23.2 Å². The summed E-state index contributed by atoms with van der Waals surface area (Å²) in [7, 11) is 0. The van der Waals surface area contributed by atoms with Gasteiger partial charge in [-0.1, -0.05) is 61.3 Å². The molecule has 186 valence electrons. The molecule has 1 aromatic heterocycles. The molecule has 1 fully saturated rings. The van der Waals surface area contributed by atoms with Gasteiger partial charge in [-0.2, -0.15) is 0 Å². The first-order valence-corrected chi connectivity index (χ1v) is 11.7. The summed E-state index contributed by atoms with van der Waals surface area (Å²) in [5.41, 5.74) is -1.73. The zero-order chi connectivity index (χ0) is 25.7. The van der Waals surface area contributed by atoms with Crippen LogP contribution in [-0.4, -0.2) is 38.9 Å². The molecule has 1 aliphatic heterocycles. The molecule has 3 atom stereocenters. The minimum atomic E-state index is -1.78. The number of rotatable bonds is 3. The summed E-state index contributed by atoms with van der Waals surface area (Å²) in [5, 5.41) is 26.8. The lowest BCUT2D eigenvalue weighted by Gasteiger charge is -2.53. The summed E-state index contributed by atoms with van der Waals surface area (Å²) in [6.07, 6.45) is -1.24. The van der Waals surface area contributed by atoms with Crippen molar-refractivity contribution in [1.29, 1.82) is 0 Å². The van der Waals surface area contributed by atoms with E-state index in [4.69, 9.17) is 27.7 Å². The summed E-state index contributed by atoms with van der Waals surface area (Å²) in [6.45, 7) is 5.49. The zero-order valence-corrected chi connectivity index (χ0v) is 20.7. The molecule has 0 saturated carbocycles. The molecule has 1 unspecified atom stereocenters. The van der Waals surface area contributed by atoms with Crippen LogP contribution in [0.15, 0.2) is 47.0 Å². The lowest BCUT2D eigenvalue weighted by molar-refractivity contribution is -0.0927. The largest absolute Gasteiger partial charge is 0.465 e. The molecule has 3 aromatic rings. The fourth-order valence-electron chi connectivity index (χ4n) is 4.99. The quantitative estimate of drug-likeness (QED) is 0.398. The van der Waals surface area contributed by atoms with Gasteiger partial charge in [-0.05, 0) is 41.7 Å². The second-order valence-electron chi connectivity index (χ2n) is 9.78. The average molecular weight is 525 g/mol. The number of carbonyl (C=O) groups is 1. The second kappa shape index (κ2) is 9.08. The highest BCUT2D eigenvalue weighted by Gasteiger charge is 2.55. The Hall–Kier alpha value is -2.68. The van der Waals surface area contributed by atoms with Crippen LogP contribution in [0.3, 0.4) is 0 Å². The molecule has 2 heterocycles. The normalized spacial score (nSPS) is 22.9. The molecule has 10 heteroatoms.